The number of ether oxygens (including phenoxy) is 1. The molecule has 9 nitrogen and oxygen atoms in total. The Hall–Kier alpha value is -3.33. The molecule has 146 valence electrons. The van der Waals surface area contributed by atoms with Crippen molar-refractivity contribution in [2.45, 2.75) is 25.9 Å². The summed E-state index contributed by atoms with van der Waals surface area (Å²) in [6.45, 7) is 3.27. The van der Waals surface area contributed by atoms with E-state index in [2.05, 4.69) is 25.5 Å². The molecule has 2 heterocycles. The highest BCUT2D eigenvalue weighted by Crippen LogP contribution is 2.18. The largest absolute Gasteiger partial charge is 0.385 e. The van der Waals surface area contributed by atoms with Crippen molar-refractivity contribution in [3.63, 3.8) is 0 Å². The number of rotatable bonds is 8. The highest BCUT2D eigenvalue weighted by molar-refractivity contribution is 5.94. The van der Waals surface area contributed by atoms with Crippen LogP contribution in [0.5, 0.6) is 0 Å². The topological polar surface area (TPSA) is 121 Å². The van der Waals surface area contributed by atoms with Gasteiger partial charge < -0.3 is 20.4 Å². The number of nitrogens with two attached hydrogens (primary N) is 1. The van der Waals surface area contributed by atoms with Crippen molar-refractivity contribution in [3.05, 3.63) is 54.4 Å². The van der Waals surface area contributed by atoms with Gasteiger partial charge in [0.25, 0.3) is 5.91 Å². The second-order valence-electron chi connectivity index (χ2n) is 6.33. The summed E-state index contributed by atoms with van der Waals surface area (Å²) in [5, 5.41) is 11.0. The predicted molar refractivity (Wildman–Crippen MR) is 104 cm³/mol. The second kappa shape index (κ2) is 9.05. The number of carbonyl (C=O) groups excluding carboxylic acids is 1. The number of aromatic nitrogens is 5. The van der Waals surface area contributed by atoms with E-state index in [1.54, 1.807) is 31.8 Å². The van der Waals surface area contributed by atoms with E-state index in [0.717, 1.165) is 18.5 Å². The van der Waals surface area contributed by atoms with Gasteiger partial charge in [0.05, 0.1) is 24.1 Å². The molecular weight excluding hydrogens is 358 g/mol. The third-order valence-corrected chi connectivity index (χ3v) is 4.24. The lowest BCUT2D eigenvalue weighted by atomic mass is 10.1. The van der Waals surface area contributed by atoms with E-state index in [1.165, 1.54) is 6.20 Å². The molecule has 0 radical (unpaired) electrons. The van der Waals surface area contributed by atoms with Gasteiger partial charge in [0.15, 0.2) is 5.82 Å². The minimum absolute atomic E-state index is 0.186. The van der Waals surface area contributed by atoms with Gasteiger partial charge in [-0.2, -0.15) is 0 Å². The Kier molecular flexibility index (Phi) is 6.28. The van der Waals surface area contributed by atoms with Crippen LogP contribution in [0.3, 0.4) is 0 Å². The molecule has 0 fully saturated rings. The van der Waals surface area contributed by atoms with E-state index < -0.39 is 0 Å². The molecule has 3 aromatic rings. The van der Waals surface area contributed by atoms with Gasteiger partial charge in [-0.05, 0) is 25.5 Å². The lowest BCUT2D eigenvalue weighted by Crippen LogP contribution is -2.28. The van der Waals surface area contributed by atoms with Gasteiger partial charge in [-0.1, -0.05) is 12.1 Å². The molecule has 1 unspecified atom stereocenters. The third kappa shape index (κ3) is 4.68. The molecule has 9 heteroatoms. The molecule has 28 heavy (non-hydrogen) atoms. The fraction of sp³-hybridized carbons (Fsp3) is 0.316. The summed E-state index contributed by atoms with van der Waals surface area (Å²) in [5.74, 6) is 0.885. The summed E-state index contributed by atoms with van der Waals surface area (Å²) in [4.78, 5) is 20.8. The Morgan fingerprint density at radius 1 is 1.25 bits per heavy atom. The number of amides is 1. The summed E-state index contributed by atoms with van der Waals surface area (Å²) >= 11 is 0. The number of benzene rings is 1. The Morgan fingerprint density at radius 2 is 2.04 bits per heavy atom. The number of aryl methyl sites for hydroxylation is 1. The molecule has 0 saturated carbocycles. The van der Waals surface area contributed by atoms with Gasteiger partial charge in [-0.3, -0.25) is 9.78 Å². The summed E-state index contributed by atoms with van der Waals surface area (Å²) in [6, 6.07) is 6.87. The molecule has 3 N–H and O–H groups in total. The summed E-state index contributed by atoms with van der Waals surface area (Å²) in [6.07, 6.45) is 5.61. The first kappa shape index (κ1) is 19.4. The van der Waals surface area contributed by atoms with Gasteiger partial charge in [0.1, 0.15) is 12.1 Å². The normalized spacial score (nSPS) is 11.9. The van der Waals surface area contributed by atoms with Crippen LogP contribution in [-0.2, 0) is 11.3 Å². The van der Waals surface area contributed by atoms with Crippen molar-refractivity contribution in [1.29, 1.82) is 0 Å². The maximum absolute atomic E-state index is 12.6. The van der Waals surface area contributed by atoms with Crippen LogP contribution < -0.4 is 11.1 Å². The molecule has 0 saturated heterocycles. The van der Waals surface area contributed by atoms with Crippen molar-refractivity contribution < 1.29 is 9.53 Å². The number of anilines is 1. The zero-order valence-corrected chi connectivity index (χ0v) is 15.9. The number of carbonyl (C=O) groups is 1. The minimum atomic E-state index is -0.278. The lowest BCUT2D eigenvalue weighted by Gasteiger charge is -2.15. The molecular formula is C19H23N7O2. The fourth-order valence-electron chi connectivity index (χ4n) is 2.77. The Bertz CT molecular complexity index is 907. The van der Waals surface area contributed by atoms with Gasteiger partial charge in [0, 0.05) is 31.4 Å². The van der Waals surface area contributed by atoms with Gasteiger partial charge in [-0.25, -0.2) is 4.98 Å². The van der Waals surface area contributed by atoms with E-state index in [9.17, 15) is 4.79 Å². The predicted octanol–water partition coefficient (Wildman–Crippen LogP) is 1.84. The molecule has 0 aliphatic heterocycles. The van der Waals surface area contributed by atoms with Crippen LogP contribution in [0, 0.1) is 0 Å². The maximum Gasteiger partial charge on any atom is 0.251 e. The zero-order chi connectivity index (χ0) is 19.9. The van der Waals surface area contributed by atoms with Crippen molar-refractivity contribution in [2.75, 3.05) is 19.5 Å². The Labute approximate surface area is 163 Å². The Balaban J connectivity index is 1.64. The number of hydrogen-bond donors (Lipinski definition) is 2. The molecule has 1 amide bonds. The number of methoxy groups -OCH3 is 1. The molecule has 0 aliphatic carbocycles. The van der Waals surface area contributed by atoms with Crippen LogP contribution in [0.25, 0.3) is 11.3 Å². The van der Waals surface area contributed by atoms with Crippen LogP contribution in [0.4, 0.5) is 5.82 Å². The number of hydrogen-bond acceptors (Lipinski definition) is 7. The second-order valence-corrected chi connectivity index (χ2v) is 6.33. The van der Waals surface area contributed by atoms with Crippen molar-refractivity contribution in [1.82, 2.24) is 30.0 Å². The first-order valence-corrected chi connectivity index (χ1v) is 8.94. The van der Waals surface area contributed by atoms with Crippen LogP contribution in [-0.4, -0.2) is 44.4 Å². The fourth-order valence-corrected chi connectivity index (χ4v) is 2.77. The van der Waals surface area contributed by atoms with E-state index in [0.29, 0.717) is 29.5 Å². The molecule has 0 spiro atoms. The summed E-state index contributed by atoms with van der Waals surface area (Å²) in [5.41, 5.74) is 7.65. The quantitative estimate of drug-likeness (QED) is 0.571. The zero-order valence-electron chi connectivity index (χ0n) is 15.9. The molecule has 0 bridgehead atoms. The van der Waals surface area contributed by atoms with Crippen LogP contribution in [0.1, 0.15) is 35.6 Å². The first-order chi connectivity index (χ1) is 13.6. The SMILES string of the molecule is COCCCn1cnnc1C(C)NC(=O)c1ccc(-c2cnc(N)cn2)cc1. The first-order valence-electron chi connectivity index (χ1n) is 8.94. The number of nitrogens with one attached hydrogen (secondary N) is 1. The lowest BCUT2D eigenvalue weighted by molar-refractivity contribution is 0.0937. The number of nitrogen functional groups attached to an aromatic ring is 1. The summed E-state index contributed by atoms with van der Waals surface area (Å²) in [7, 11) is 1.67. The summed E-state index contributed by atoms with van der Waals surface area (Å²) < 4.78 is 7.00. The van der Waals surface area contributed by atoms with Gasteiger partial charge in [0.2, 0.25) is 0 Å². The average molecular weight is 381 g/mol. The molecule has 3 rings (SSSR count). The average Bonchev–Trinajstić information content (AvgIpc) is 3.17. The highest BCUT2D eigenvalue weighted by atomic mass is 16.5. The van der Waals surface area contributed by atoms with E-state index in [-0.39, 0.29) is 11.9 Å². The van der Waals surface area contributed by atoms with Crippen molar-refractivity contribution in [3.8, 4) is 11.3 Å². The highest BCUT2D eigenvalue weighted by Gasteiger charge is 2.16. The van der Waals surface area contributed by atoms with Crippen LogP contribution >= 0.6 is 0 Å². The third-order valence-electron chi connectivity index (χ3n) is 4.24. The van der Waals surface area contributed by atoms with Gasteiger partial charge >= 0.3 is 0 Å². The van der Waals surface area contributed by atoms with Crippen LogP contribution in [0.15, 0.2) is 43.0 Å². The smallest absolute Gasteiger partial charge is 0.251 e. The Morgan fingerprint density at radius 3 is 2.71 bits per heavy atom. The minimum Gasteiger partial charge on any atom is -0.385 e. The van der Waals surface area contributed by atoms with E-state index in [4.69, 9.17) is 10.5 Å². The molecule has 0 aliphatic rings. The van der Waals surface area contributed by atoms with Crippen molar-refractivity contribution in [2.24, 2.45) is 0 Å². The van der Waals surface area contributed by atoms with Gasteiger partial charge in [-0.15, -0.1) is 10.2 Å². The maximum atomic E-state index is 12.6. The standard InChI is InChI=1S/C19H23N7O2/c1-13(18-25-23-12-26(18)8-3-9-28-2)24-19(27)15-6-4-14(5-7-15)16-10-22-17(20)11-21-16/h4-7,10-13H,3,8-9H2,1-2H3,(H2,20,22)(H,24,27). The molecule has 1 aromatic carbocycles. The van der Waals surface area contributed by atoms with E-state index in [1.807, 2.05) is 23.6 Å². The van der Waals surface area contributed by atoms with Crippen molar-refractivity contribution >= 4 is 11.7 Å². The van der Waals surface area contributed by atoms with Crippen LogP contribution in [0.2, 0.25) is 0 Å². The molecule has 1 atom stereocenters. The van der Waals surface area contributed by atoms with E-state index >= 15 is 0 Å². The molecule has 2 aromatic heterocycles. The number of nitrogens with zero attached hydrogens (tertiary/aromatic N) is 5. The monoisotopic (exact) mass is 381 g/mol.